The van der Waals surface area contributed by atoms with E-state index in [1.54, 1.807) is 4.88 Å². The van der Waals surface area contributed by atoms with Gasteiger partial charge in [0.1, 0.15) is 0 Å². The second-order valence-corrected chi connectivity index (χ2v) is 5.53. The van der Waals surface area contributed by atoms with Crippen LogP contribution in [0.1, 0.15) is 16.0 Å². The summed E-state index contributed by atoms with van der Waals surface area (Å²) in [5.74, 6) is 0. The number of nitrogens with zero attached hydrogens (tertiary/aromatic N) is 1. The molecule has 0 spiro atoms. The van der Waals surface area contributed by atoms with E-state index in [0.717, 1.165) is 25.2 Å². The van der Waals surface area contributed by atoms with Crippen LogP contribution in [-0.2, 0) is 13.0 Å². The lowest BCUT2D eigenvalue weighted by Crippen LogP contribution is -2.30. The number of anilines is 2. The van der Waals surface area contributed by atoms with E-state index in [4.69, 9.17) is 5.73 Å². The van der Waals surface area contributed by atoms with Crippen molar-refractivity contribution in [2.75, 3.05) is 17.2 Å². The van der Waals surface area contributed by atoms with Crippen molar-refractivity contribution in [2.45, 2.75) is 19.9 Å². The fraction of sp³-hybridized carbons (Fsp3) is 0.286. The number of hydrogen-bond donors (Lipinski definition) is 1. The molecule has 3 rings (SSSR count). The predicted molar refractivity (Wildman–Crippen MR) is 74.7 cm³/mol. The summed E-state index contributed by atoms with van der Waals surface area (Å²) in [5.41, 5.74) is 10.8. The molecular weight excluding hydrogens is 228 g/mol. The molecule has 0 unspecified atom stereocenters. The molecular formula is C14H16N2S. The van der Waals surface area contributed by atoms with Crippen LogP contribution in [-0.4, -0.2) is 6.54 Å². The molecule has 17 heavy (non-hydrogen) atoms. The lowest BCUT2D eigenvalue weighted by molar-refractivity contribution is 0.741. The molecule has 2 heterocycles. The van der Waals surface area contributed by atoms with Crippen molar-refractivity contribution in [3.8, 4) is 0 Å². The largest absolute Gasteiger partial charge is 0.398 e. The first-order valence-corrected chi connectivity index (χ1v) is 6.79. The minimum atomic E-state index is 0.888. The van der Waals surface area contributed by atoms with E-state index >= 15 is 0 Å². The average Bonchev–Trinajstić information content (AvgIpc) is 2.79. The van der Waals surface area contributed by atoms with E-state index in [0.29, 0.717) is 0 Å². The lowest BCUT2D eigenvalue weighted by Gasteiger charge is -2.30. The van der Waals surface area contributed by atoms with E-state index < -0.39 is 0 Å². The Kier molecular flexibility index (Phi) is 2.56. The molecule has 3 heteroatoms. The number of rotatable bonds is 1. The summed E-state index contributed by atoms with van der Waals surface area (Å²) in [6.07, 6.45) is 1.15. The zero-order valence-corrected chi connectivity index (χ0v) is 10.8. The van der Waals surface area contributed by atoms with Crippen LogP contribution in [0.25, 0.3) is 0 Å². The Morgan fingerprint density at radius 3 is 3.06 bits per heavy atom. The van der Waals surface area contributed by atoms with Crippen LogP contribution >= 0.6 is 11.3 Å². The van der Waals surface area contributed by atoms with Crippen LogP contribution < -0.4 is 10.6 Å². The fourth-order valence-electron chi connectivity index (χ4n) is 2.44. The first kappa shape index (κ1) is 10.7. The summed E-state index contributed by atoms with van der Waals surface area (Å²) >= 11 is 1.88. The van der Waals surface area contributed by atoms with E-state index in [-0.39, 0.29) is 0 Å². The number of nitrogens with two attached hydrogens (primary N) is 1. The van der Waals surface area contributed by atoms with Gasteiger partial charge in [-0.05, 0) is 48.1 Å². The van der Waals surface area contributed by atoms with Gasteiger partial charge in [-0.2, -0.15) is 0 Å². The molecule has 0 saturated carbocycles. The van der Waals surface area contributed by atoms with Gasteiger partial charge in [0.15, 0.2) is 0 Å². The topological polar surface area (TPSA) is 29.3 Å². The van der Waals surface area contributed by atoms with E-state index in [1.165, 1.54) is 16.8 Å². The Hall–Kier alpha value is -1.48. The van der Waals surface area contributed by atoms with Crippen molar-refractivity contribution >= 4 is 22.7 Å². The maximum absolute atomic E-state index is 5.98. The highest BCUT2D eigenvalue weighted by molar-refractivity contribution is 7.10. The third kappa shape index (κ3) is 1.80. The monoisotopic (exact) mass is 244 g/mol. The maximum atomic E-state index is 5.98. The van der Waals surface area contributed by atoms with Crippen molar-refractivity contribution in [2.24, 2.45) is 0 Å². The predicted octanol–water partition coefficient (Wildman–Crippen LogP) is 3.20. The highest BCUT2D eigenvalue weighted by Gasteiger charge is 2.18. The molecule has 2 nitrogen and oxygen atoms in total. The normalized spacial score (nSPS) is 14.8. The molecule has 0 radical (unpaired) electrons. The minimum Gasteiger partial charge on any atom is -0.398 e. The van der Waals surface area contributed by atoms with Crippen molar-refractivity contribution < 1.29 is 0 Å². The minimum absolute atomic E-state index is 0.888. The Labute approximate surface area is 106 Å². The van der Waals surface area contributed by atoms with Crippen molar-refractivity contribution in [3.63, 3.8) is 0 Å². The molecule has 1 aromatic heterocycles. The molecule has 0 amide bonds. The van der Waals surface area contributed by atoms with Gasteiger partial charge in [-0.3, -0.25) is 0 Å². The summed E-state index contributed by atoms with van der Waals surface area (Å²) < 4.78 is 0. The van der Waals surface area contributed by atoms with Gasteiger partial charge >= 0.3 is 0 Å². The van der Waals surface area contributed by atoms with E-state index in [9.17, 15) is 0 Å². The van der Waals surface area contributed by atoms with Gasteiger partial charge in [-0.15, -0.1) is 11.3 Å². The molecule has 1 aliphatic heterocycles. The number of benzene rings is 1. The van der Waals surface area contributed by atoms with Crippen LogP contribution in [0.4, 0.5) is 11.4 Å². The molecule has 0 atom stereocenters. The van der Waals surface area contributed by atoms with Crippen molar-refractivity contribution in [1.29, 1.82) is 0 Å². The summed E-state index contributed by atoms with van der Waals surface area (Å²) in [7, 11) is 0. The van der Waals surface area contributed by atoms with Gasteiger partial charge in [0.2, 0.25) is 0 Å². The third-order valence-corrected chi connectivity index (χ3v) is 4.52. The molecule has 2 N–H and O–H groups in total. The Morgan fingerprint density at radius 2 is 2.18 bits per heavy atom. The Balaban J connectivity index is 1.94. The van der Waals surface area contributed by atoms with Gasteiger partial charge in [-0.1, -0.05) is 6.07 Å². The molecule has 0 aliphatic carbocycles. The van der Waals surface area contributed by atoms with Crippen molar-refractivity contribution in [1.82, 2.24) is 0 Å². The molecule has 0 bridgehead atoms. The highest BCUT2D eigenvalue weighted by atomic mass is 32.1. The van der Waals surface area contributed by atoms with Gasteiger partial charge < -0.3 is 10.6 Å². The van der Waals surface area contributed by atoms with Gasteiger partial charge in [-0.25, -0.2) is 0 Å². The van der Waals surface area contributed by atoms with Crippen LogP contribution in [0.3, 0.4) is 0 Å². The van der Waals surface area contributed by atoms with Crippen LogP contribution in [0.2, 0.25) is 0 Å². The first-order chi connectivity index (χ1) is 8.25. The molecule has 2 aromatic rings. The van der Waals surface area contributed by atoms with Gasteiger partial charge in [0, 0.05) is 29.3 Å². The zero-order valence-electron chi connectivity index (χ0n) is 9.94. The molecule has 88 valence electrons. The standard InChI is InChI=1S/C14H16N2S/c1-10-12(15)3-2-4-13(10)16-7-5-14-11(9-16)6-8-17-14/h2-4,6,8H,5,7,9,15H2,1H3. The second kappa shape index (κ2) is 4.08. The summed E-state index contributed by atoms with van der Waals surface area (Å²) in [6, 6.07) is 8.43. The average molecular weight is 244 g/mol. The van der Waals surface area contributed by atoms with E-state index in [2.05, 4.69) is 29.3 Å². The highest BCUT2D eigenvalue weighted by Crippen LogP contribution is 2.31. The third-order valence-electron chi connectivity index (χ3n) is 3.50. The fourth-order valence-corrected chi connectivity index (χ4v) is 3.33. The number of hydrogen-bond acceptors (Lipinski definition) is 3. The Bertz CT molecular complexity index is 545. The summed E-state index contributed by atoms with van der Waals surface area (Å²) in [5, 5.41) is 2.19. The molecule has 1 aromatic carbocycles. The molecule has 0 fully saturated rings. The lowest BCUT2D eigenvalue weighted by atomic mass is 10.1. The Morgan fingerprint density at radius 1 is 1.29 bits per heavy atom. The number of fused-ring (bicyclic) bond motifs is 1. The van der Waals surface area contributed by atoms with Crippen LogP contribution in [0.5, 0.6) is 0 Å². The quantitative estimate of drug-likeness (QED) is 0.781. The molecule has 1 aliphatic rings. The number of thiophene rings is 1. The number of nitrogen functional groups attached to an aromatic ring is 1. The van der Waals surface area contributed by atoms with Crippen LogP contribution in [0.15, 0.2) is 29.6 Å². The first-order valence-electron chi connectivity index (χ1n) is 5.91. The second-order valence-electron chi connectivity index (χ2n) is 4.53. The van der Waals surface area contributed by atoms with Crippen molar-refractivity contribution in [3.05, 3.63) is 45.6 Å². The zero-order chi connectivity index (χ0) is 11.8. The van der Waals surface area contributed by atoms with Gasteiger partial charge in [0.05, 0.1) is 0 Å². The molecule has 0 saturated heterocycles. The smallest absolute Gasteiger partial charge is 0.0440 e. The van der Waals surface area contributed by atoms with Gasteiger partial charge in [0.25, 0.3) is 0 Å². The van der Waals surface area contributed by atoms with E-state index in [1.807, 2.05) is 23.5 Å². The summed E-state index contributed by atoms with van der Waals surface area (Å²) in [4.78, 5) is 3.98. The SMILES string of the molecule is Cc1c(N)cccc1N1CCc2sccc2C1. The maximum Gasteiger partial charge on any atom is 0.0440 e. The summed E-state index contributed by atoms with van der Waals surface area (Å²) in [6.45, 7) is 4.22. The van der Waals surface area contributed by atoms with Crippen LogP contribution in [0, 0.1) is 6.92 Å².